The molecule has 1 aromatic carbocycles. The maximum Gasteiger partial charge on any atom is 0.306 e. The predicted octanol–water partition coefficient (Wildman–Crippen LogP) is 6.41. The number of Topliss-reactive ketones (excluding diaryl/α,β-unsaturated/α-hetero) is 1. The normalized spacial score (nSPS) is 31.6. The lowest BCUT2D eigenvalue weighted by Gasteiger charge is -2.34. The van der Waals surface area contributed by atoms with Crippen LogP contribution in [0.25, 0.3) is 10.8 Å². The molecule has 5 fully saturated rings. The lowest BCUT2D eigenvalue weighted by molar-refractivity contribution is -0.157. The first-order valence-corrected chi connectivity index (χ1v) is 23.2. The van der Waals surface area contributed by atoms with Crippen molar-refractivity contribution in [3.8, 4) is 5.88 Å². The molecule has 312 valence electrons. The van der Waals surface area contributed by atoms with Crippen LogP contribution in [0.1, 0.15) is 103 Å². The summed E-state index contributed by atoms with van der Waals surface area (Å²) in [5.41, 5.74) is -1.56. The van der Waals surface area contributed by atoms with E-state index in [0.29, 0.717) is 41.6 Å². The second kappa shape index (κ2) is 16.6. The van der Waals surface area contributed by atoms with Gasteiger partial charge in [0.15, 0.2) is 11.7 Å². The Balaban J connectivity index is 1.15. The molecule has 1 aromatic heterocycles. The van der Waals surface area contributed by atoms with Crippen LogP contribution in [0.15, 0.2) is 53.9 Å². The minimum Gasteiger partial charge on any atom is -0.473 e. The number of carbonyl (C=O) groups excluding carboxylic acids is 4. The molecule has 4 saturated carbocycles. The van der Waals surface area contributed by atoms with E-state index in [9.17, 15) is 27.6 Å². The third-order valence-corrected chi connectivity index (χ3v) is 15.8. The maximum atomic E-state index is 15.1. The number of aromatic nitrogens is 1. The molecule has 12 nitrogen and oxygen atoms in total. The van der Waals surface area contributed by atoms with Crippen molar-refractivity contribution in [2.24, 2.45) is 29.1 Å². The Bertz CT molecular complexity index is 2180. The van der Waals surface area contributed by atoms with Crippen molar-refractivity contribution in [3.05, 3.63) is 64.4 Å². The number of nitrogens with one attached hydrogen (secondary N) is 1. The molecule has 0 spiro atoms. The molecule has 6 aliphatic rings. The minimum atomic E-state index is -3.87. The highest BCUT2D eigenvalue weighted by Gasteiger charge is 2.61. The first kappa shape index (κ1) is 40.8. The number of ketones is 1. The zero-order valence-corrected chi connectivity index (χ0v) is 34.5. The monoisotopic (exact) mass is 835 g/mol. The number of sulfonamides is 1. The number of esters is 1. The number of hydrogen-bond donors (Lipinski definition) is 1. The van der Waals surface area contributed by atoms with Crippen molar-refractivity contribution in [1.29, 1.82) is 0 Å². The molecule has 2 aliphatic heterocycles. The van der Waals surface area contributed by atoms with E-state index in [2.05, 4.69) is 17.4 Å². The van der Waals surface area contributed by atoms with Crippen LogP contribution in [-0.4, -0.2) is 71.5 Å². The summed E-state index contributed by atoms with van der Waals surface area (Å²) >= 11 is 6.36. The van der Waals surface area contributed by atoms with Gasteiger partial charge >= 0.3 is 5.97 Å². The van der Waals surface area contributed by atoms with Gasteiger partial charge in [-0.25, -0.2) is 8.42 Å². The number of amides is 2. The van der Waals surface area contributed by atoms with Gasteiger partial charge in [0.1, 0.15) is 12.2 Å². The molecule has 0 radical (unpaired) electrons. The first-order valence-electron chi connectivity index (χ1n) is 21.2. The summed E-state index contributed by atoms with van der Waals surface area (Å²) in [5.74, 6) is -2.61. The van der Waals surface area contributed by atoms with Crippen molar-refractivity contribution in [2.75, 3.05) is 6.54 Å². The Morgan fingerprint density at radius 3 is 2.48 bits per heavy atom. The Hall–Kier alpha value is -3.97. The third kappa shape index (κ3) is 8.40. The van der Waals surface area contributed by atoms with E-state index in [-0.39, 0.29) is 73.3 Å². The molecule has 14 heteroatoms. The summed E-state index contributed by atoms with van der Waals surface area (Å²) in [7, 11) is -3.87. The Kier molecular flexibility index (Phi) is 11.7. The Morgan fingerprint density at radius 2 is 1.74 bits per heavy atom. The number of pyridine rings is 1. The van der Waals surface area contributed by atoms with Crippen LogP contribution in [0.5, 0.6) is 5.88 Å². The number of fused-ring (bicyclic) bond motifs is 5. The molecule has 2 aromatic rings. The fourth-order valence-electron chi connectivity index (χ4n) is 10.1. The molecule has 58 heavy (non-hydrogen) atoms. The molecule has 2 bridgehead atoms. The molecule has 0 unspecified atom stereocenters. The second-order valence-corrected chi connectivity index (χ2v) is 20.0. The van der Waals surface area contributed by atoms with Gasteiger partial charge in [0.25, 0.3) is 5.56 Å². The van der Waals surface area contributed by atoms with Crippen molar-refractivity contribution in [1.82, 2.24) is 14.2 Å². The van der Waals surface area contributed by atoms with Gasteiger partial charge in [-0.15, -0.1) is 6.58 Å². The standard InChI is InChI=1S/C44H54ClN3O9S/c1-2-30-24-44(30,43(53)46-58(54,55)33-16-17-33)25-37(49)36-22-32-26-48(36)42(52)35(27-10-5-3-6-11-27)23-40(50)57-38-14-9-13-28(38)12-7-4-8-19-47-39(56-32)21-29-20-31(45)15-18-34(29)41(47)51/h2,4,7,15,18,20-21,27-28,30,32-33,35-36,38H,1,3,5-6,8-14,16-17,19,22-26H2,(H,46,53)/b7-4+/t28-,30+,32-,35+,36+,38-,44-/m1/s1. The zero-order chi connectivity index (χ0) is 40.8. The summed E-state index contributed by atoms with van der Waals surface area (Å²) in [4.78, 5) is 72.8. The maximum absolute atomic E-state index is 15.1. The Labute approximate surface area is 344 Å². The SMILES string of the molecule is C=C[C@H]1C[C@]1(CC(=O)[C@@H]1C[C@@H]2CN1C(=O)[C@H](C1CCCCC1)CC(=O)O[C@@H]1CCC[C@H]1C/C=C/CCn1c(cc3cc(Cl)ccc3c1=O)O2)C(=O)NS(=O)(=O)C1CC1. The molecule has 3 heterocycles. The predicted molar refractivity (Wildman–Crippen MR) is 218 cm³/mol. The second-order valence-electron chi connectivity index (χ2n) is 17.6. The molecule has 2 amide bonds. The van der Waals surface area contributed by atoms with Gasteiger partial charge in [0.2, 0.25) is 21.8 Å². The Morgan fingerprint density at radius 1 is 0.966 bits per heavy atom. The number of benzene rings is 1. The number of hydrogen-bond acceptors (Lipinski definition) is 9. The van der Waals surface area contributed by atoms with Gasteiger partial charge in [0.05, 0.1) is 35.6 Å². The summed E-state index contributed by atoms with van der Waals surface area (Å²) in [6.07, 6.45) is 14.0. The summed E-state index contributed by atoms with van der Waals surface area (Å²) in [6.45, 7) is 4.18. The quantitative estimate of drug-likeness (QED) is 0.234. The van der Waals surface area contributed by atoms with Gasteiger partial charge in [-0.1, -0.05) is 49.1 Å². The van der Waals surface area contributed by atoms with Crippen molar-refractivity contribution >= 4 is 56.0 Å². The molecule has 4 aliphatic carbocycles. The van der Waals surface area contributed by atoms with E-state index in [1.54, 1.807) is 34.9 Å². The summed E-state index contributed by atoms with van der Waals surface area (Å²) in [5, 5.41) is 0.925. The minimum absolute atomic E-state index is 0.0139. The van der Waals surface area contributed by atoms with E-state index in [1.165, 1.54) is 4.90 Å². The first-order chi connectivity index (χ1) is 27.9. The van der Waals surface area contributed by atoms with E-state index in [0.717, 1.165) is 57.8 Å². The fraction of sp³-hybridized carbons (Fsp3) is 0.614. The van der Waals surface area contributed by atoms with Crippen molar-refractivity contribution in [2.45, 2.75) is 133 Å². The number of rotatable bonds is 8. The molecule has 1 saturated heterocycles. The van der Waals surface area contributed by atoms with Gasteiger partial charge < -0.3 is 14.4 Å². The van der Waals surface area contributed by atoms with Crippen molar-refractivity contribution < 1.29 is 37.1 Å². The molecule has 7 atom stereocenters. The number of allylic oxidation sites excluding steroid dienone is 3. The van der Waals surface area contributed by atoms with Gasteiger partial charge in [-0.2, -0.15) is 0 Å². The number of carbonyl (C=O) groups is 4. The smallest absolute Gasteiger partial charge is 0.306 e. The van der Waals surface area contributed by atoms with Crippen LogP contribution < -0.4 is 15.0 Å². The topological polar surface area (TPSA) is 158 Å². The molecular weight excluding hydrogens is 782 g/mol. The average molecular weight is 836 g/mol. The van der Waals surface area contributed by atoms with Crippen molar-refractivity contribution in [3.63, 3.8) is 0 Å². The summed E-state index contributed by atoms with van der Waals surface area (Å²) in [6, 6.07) is 5.83. The largest absolute Gasteiger partial charge is 0.473 e. The van der Waals surface area contributed by atoms with Gasteiger partial charge in [0, 0.05) is 35.9 Å². The van der Waals surface area contributed by atoms with Crippen LogP contribution in [0, 0.1) is 29.1 Å². The van der Waals surface area contributed by atoms with E-state index in [4.69, 9.17) is 21.1 Å². The fourth-order valence-corrected chi connectivity index (χ4v) is 11.7. The van der Waals surface area contributed by atoms with Gasteiger partial charge in [-0.3, -0.25) is 33.3 Å². The molecule has 8 rings (SSSR count). The number of halogens is 1. The highest BCUT2D eigenvalue weighted by atomic mass is 35.5. The van der Waals surface area contributed by atoms with E-state index < -0.39 is 56.5 Å². The third-order valence-electron chi connectivity index (χ3n) is 13.7. The van der Waals surface area contributed by atoms with Crippen LogP contribution in [0.4, 0.5) is 0 Å². The number of ether oxygens (including phenoxy) is 2. The highest BCUT2D eigenvalue weighted by molar-refractivity contribution is 7.90. The summed E-state index contributed by atoms with van der Waals surface area (Å²) < 4.78 is 42.4. The van der Waals surface area contributed by atoms with E-state index in [1.807, 2.05) is 6.08 Å². The van der Waals surface area contributed by atoms with Crippen LogP contribution in [-0.2, 0) is 40.5 Å². The van der Waals surface area contributed by atoms with Gasteiger partial charge in [-0.05, 0) is 106 Å². The average Bonchev–Trinajstić information content (AvgIpc) is 4.09. The van der Waals surface area contributed by atoms with Crippen LogP contribution in [0.2, 0.25) is 5.02 Å². The molecule has 1 N–H and O–H groups in total. The van der Waals surface area contributed by atoms with Crippen LogP contribution in [0.3, 0.4) is 0 Å². The molecular formula is C44H54ClN3O9S. The zero-order valence-electron chi connectivity index (χ0n) is 33.0. The number of nitrogens with zero attached hydrogens (tertiary/aromatic N) is 2. The highest BCUT2D eigenvalue weighted by Crippen LogP contribution is 2.57. The lowest BCUT2D eigenvalue weighted by Crippen LogP contribution is -2.48. The van der Waals surface area contributed by atoms with E-state index >= 15 is 4.79 Å². The lowest BCUT2D eigenvalue weighted by atomic mass is 9.77. The van der Waals surface area contributed by atoms with Crippen LogP contribution >= 0.6 is 11.6 Å².